The number of ether oxygens (including phenoxy) is 3. The van der Waals surface area contributed by atoms with E-state index in [-0.39, 0.29) is 6.07 Å². The first-order valence-corrected chi connectivity index (χ1v) is 7.29. The van der Waals surface area contributed by atoms with Gasteiger partial charge in [-0.25, -0.2) is 9.59 Å². The van der Waals surface area contributed by atoms with Crippen molar-refractivity contribution in [2.24, 2.45) is 0 Å². The van der Waals surface area contributed by atoms with E-state index in [9.17, 15) is 9.59 Å². The number of alkyl halides is 1. The molecule has 0 saturated carbocycles. The standard InChI is InChI=1S/C14H26ClNO5/c1-9(20-13(2,3)4)10(11(17)19-8-15)16-12(18)21-14(5,6)7/h9-10H,8H2,1-7H3,(H,16,18). The second-order valence-electron chi connectivity index (χ2n) is 6.63. The minimum atomic E-state index is -1.00. The molecule has 2 unspecified atom stereocenters. The smallest absolute Gasteiger partial charge is 0.408 e. The fourth-order valence-electron chi connectivity index (χ4n) is 1.57. The van der Waals surface area contributed by atoms with Crippen molar-refractivity contribution in [2.45, 2.75) is 71.8 Å². The second kappa shape index (κ2) is 7.84. The average molecular weight is 324 g/mol. The molecule has 7 heteroatoms. The molecule has 1 N–H and O–H groups in total. The largest absolute Gasteiger partial charge is 0.448 e. The van der Waals surface area contributed by atoms with Crippen molar-refractivity contribution >= 4 is 23.7 Å². The van der Waals surface area contributed by atoms with Gasteiger partial charge in [-0.1, -0.05) is 11.6 Å². The van der Waals surface area contributed by atoms with Crippen LogP contribution in [0.5, 0.6) is 0 Å². The summed E-state index contributed by atoms with van der Waals surface area (Å²) in [5.41, 5.74) is -1.15. The van der Waals surface area contributed by atoms with E-state index in [0.29, 0.717) is 0 Å². The summed E-state index contributed by atoms with van der Waals surface area (Å²) >= 11 is 5.39. The van der Waals surface area contributed by atoms with Gasteiger partial charge in [-0.2, -0.15) is 0 Å². The number of alkyl carbamates (subject to hydrolysis) is 1. The van der Waals surface area contributed by atoms with Gasteiger partial charge in [0.1, 0.15) is 5.60 Å². The third-order valence-electron chi connectivity index (χ3n) is 2.13. The van der Waals surface area contributed by atoms with Crippen LogP contribution in [0.1, 0.15) is 48.5 Å². The fourth-order valence-corrected chi connectivity index (χ4v) is 1.68. The highest BCUT2D eigenvalue weighted by molar-refractivity contribution is 6.17. The minimum Gasteiger partial charge on any atom is -0.448 e. The Hall–Kier alpha value is -1.01. The molecule has 0 saturated heterocycles. The monoisotopic (exact) mass is 323 g/mol. The summed E-state index contributed by atoms with van der Waals surface area (Å²) in [6.07, 6.45) is -1.32. The van der Waals surface area contributed by atoms with Crippen LogP contribution in [-0.4, -0.2) is 41.5 Å². The average Bonchev–Trinajstić information content (AvgIpc) is 2.20. The number of carbonyl (C=O) groups is 2. The molecule has 21 heavy (non-hydrogen) atoms. The predicted octanol–water partition coefficient (Wildman–Crippen LogP) is 2.82. The van der Waals surface area contributed by atoms with E-state index in [2.05, 4.69) is 5.32 Å². The highest BCUT2D eigenvalue weighted by Crippen LogP contribution is 2.15. The van der Waals surface area contributed by atoms with Gasteiger partial charge in [-0.3, -0.25) is 0 Å². The molecule has 0 spiro atoms. The molecule has 2 atom stereocenters. The summed E-state index contributed by atoms with van der Waals surface area (Å²) in [4.78, 5) is 23.7. The summed E-state index contributed by atoms with van der Waals surface area (Å²) < 4.78 is 15.6. The van der Waals surface area contributed by atoms with Crippen LogP contribution >= 0.6 is 11.6 Å². The highest BCUT2D eigenvalue weighted by atomic mass is 35.5. The predicted molar refractivity (Wildman–Crippen MR) is 80.3 cm³/mol. The number of hydrogen-bond acceptors (Lipinski definition) is 5. The van der Waals surface area contributed by atoms with E-state index in [0.717, 1.165) is 0 Å². The zero-order valence-corrected chi connectivity index (χ0v) is 14.5. The van der Waals surface area contributed by atoms with E-state index >= 15 is 0 Å². The van der Waals surface area contributed by atoms with Crippen LogP contribution in [0.2, 0.25) is 0 Å². The molecule has 0 aromatic heterocycles. The van der Waals surface area contributed by atoms with Gasteiger partial charge in [-0.05, 0) is 48.5 Å². The van der Waals surface area contributed by atoms with Gasteiger partial charge in [0.15, 0.2) is 12.1 Å². The van der Waals surface area contributed by atoms with Crippen LogP contribution in [0.25, 0.3) is 0 Å². The van der Waals surface area contributed by atoms with Crippen molar-refractivity contribution in [2.75, 3.05) is 6.07 Å². The van der Waals surface area contributed by atoms with E-state index in [1.807, 2.05) is 20.8 Å². The molecule has 0 aliphatic carbocycles. The maximum Gasteiger partial charge on any atom is 0.408 e. The Morgan fingerprint density at radius 1 is 1.10 bits per heavy atom. The number of amides is 1. The van der Waals surface area contributed by atoms with Gasteiger partial charge in [-0.15, -0.1) is 0 Å². The number of esters is 1. The van der Waals surface area contributed by atoms with E-state index in [1.165, 1.54) is 0 Å². The summed E-state index contributed by atoms with van der Waals surface area (Å²) in [5.74, 6) is -0.674. The Morgan fingerprint density at radius 2 is 1.62 bits per heavy atom. The van der Waals surface area contributed by atoms with Crippen molar-refractivity contribution in [3.8, 4) is 0 Å². The van der Waals surface area contributed by atoms with Gasteiger partial charge in [0.05, 0.1) is 11.7 Å². The van der Waals surface area contributed by atoms with Crippen molar-refractivity contribution < 1.29 is 23.8 Å². The zero-order chi connectivity index (χ0) is 16.8. The van der Waals surface area contributed by atoms with E-state index < -0.39 is 35.4 Å². The van der Waals surface area contributed by atoms with Crippen molar-refractivity contribution in [1.29, 1.82) is 0 Å². The third kappa shape index (κ3) is 9.52. The van der Waals surface area contributed by atoms with Crippen LogP contribution in [-0.2, 0) is 19.0 Å². The third-order valence-corrected chi connectivity index (χ3v) is 2.24. The molecule has 6 nitrogen and oxygen atoms in total. The number of nitrogens with one attached hydrogen (secondary N) is 1. The Kier molecular flexibility index (Phi) is 7.47. The maximum atomic E-state index is 11.9. The molecule has 0 aromatic carbocycles. The summed E-state index contributed by atoms with van der Waals surface area (Å²) in [5, 5.41) is 2.46. The lowest BCUT2D eigenvalue weighted by molar-refractivity contribution is -0.151. The molecule has 0 aliphatic rings. The molecule has 1 amide bonds. The number of halogens is 1. The van der Waals surface area contributed by atoms with E-state index in [4.69, 9.17) is 25.8 Å². The number of carbonyl (C=O) groups excluding carboxylic acids is 2. The van der Waals surface area contributed by atoms with Gasteiger partial charge in [0, 0.05) is 0 Å². The first-order valence-electron chi connectivity index (χ1n) is 6.75. The quantitative estimate of drug-likeness (QED) is 0.622. The van der Waals surface area contributed by atoms with Gasteiger partial charge >= 0.3 is 12.1 Å². The zero-order valence-electron chi connectivity index (χ0n) is 13.8. The Balaban J connectivity index is 4.90. The van der Waals surface area contributed by atoms with Gasteiger partial charge in [0.25, 0.3) is 0 Å². The van der Waals surface area contributed by atoms with Crippen LogP contribution in [0.15, 0.2) is 0 Å². The molecule has 0 fully saturated rings. The van der Waals surface area contributed by atoms with Gasteiger partial charge in [0.2, 0.25) is 0 Å². The normalized spacial score (nSPS) is 15.0. The topological polar surface area (TPSA) is 73.9 Å². The van der Waals surface area contributed by atoms with Crippen LogP contribution < -0.4 is 5.32 Å². The Labute approximate surface area is 131 Å². The summed E-state index contributed by atoms with van der Waals surface area (Å²) in [6.45, 7) is 12.4. The molecular formula is C14H26ClNO5. The van der Waals surface area contributed by atoms with Crippen molar-refractivity contribution in [3.63, 3.8) is 0 Å². The molecule has 0 aliphatic heterocycles. The van der Waals surface area contributed by atoms with Crippen molar-refractivity contribution in [1.82, 2.24) is 5.32 Å². The number of rotatable bonds is 5. The maximum absolute atomic E-state index is 11.9. The lowest BCUT2D eigenvalue weighted by Gasteiger charge is -2.30. The molecule has 0 aromatic rings. The molecular weight excluding hydrogens is 298 g/mol. The first-order chi connectivity index (χ1) is 9.35. The molecule has 0 rings (SSSR count). The fraction of sp³-hybridized carbons (Fsp3) is 0.857. The van der Waals surface area contributed by atoms with Gasteiger partial charge < -0.3 is 19.5 Å². The van der Waals surface area contributed by atoms with Crippen LogP contribution in [0, 0.1) is 0 Å². The lowest BCUT2D eigenvalue weighted by atomic mass is 10.1. The Bertz CT molecular complexity index is 359. The highest BCUT2D eigenvalue weighted by Gasteiger charge is 2.33. The molecule has 0 radical (unpaired) electrons. The van der Waals surface area contributed by atoms with Crippen LogP contribution in [0.3, 0.4) is 0 Å². The van der Waals surface area contributed by atoms with E-state index in [1.54, 1.807) is 27.7 Å². The molecule has 0 heterocycles. The second-order valence-corrected chi connectivity index (χ2v) is 6.85. The lowest BCUT2D eigenvalue weighted by Crippen LogP contribution is -2.52. The summed E-state index contributed by atoms with van der Waals surface area (Å²) in [7, 11) is 0. The SMILES string of the molecule is CC(OC(C)(C)C)C(NC(=O)OC(C)(C)C)C(=O)OCCl. The molecule has 124 valence electrons. The van der Waals surface area contributed by atoms with Crippen molar-refractivity contribution in [3.05, 3.63) is 0 Å². The summed E-state index contributed by atoms with van der Waals surface area (Å²) in [6, 6.07) is -1.30. The molecule has 0 bridgehead atoms. The minimum absolute atomic E-state index is 0.298. The van der Waals surface area contributed by atoms with Crippen LogP contribution in [0.4, 0.5) is 4.79 Å². The number of hydrogen-bond donors (Lipinski definition) is 1. The first kappa shape index (κ1) is 20.0. The Morgan fingerprint density at radius 3 is 2.00 bits per heavy atom.